The Labute approximate surface area is 72.2 Å². The molecule has 0 aromatic heterocycles. The van der Waals surface area contributed by atoms with Crippen molar-refractivity contribution in [3.05, 3.63) is 22.2 Å². The van der Waals surface area contributed by atoms with E-state index < -0.39 is 0 Å². The van der Waals surface area contributed by atoms with Gasteiger partial charge in [0.2, 0.25) is 0 Å². The Morgan fingerprint density at radius 2 is 2.18 bits per heavy atom. The van der Waals surface area contributed by atoms with E-state index in [9.17, 15) is 0 Å². The monoisotopic (exact) mass is 212 g/mol. The summed E-state index contributed by atoms with van der Waals surface area (Å²) in [6.07, 6.45) is 0. The van der Waals surface area contributed by atoms with Gasteiger partial charge in [0.1, 0.15) is 11.8 Å². The summed E-state index contributed by atoms with van der Waals surface area (Å²) in [6, 6.07) is 4.62. The van der Waals surface area contributed by atoms with Gasteiger partial charge in [0.15, 0.2) is 0 Å². The molecule has 1 rings (SSSR count). The lowest BCUT2D eigenvalue weighted by molar-refractivity contribution is 0.475. The molecule has 0 saturated carbocycles. The summed E-state index contributed by atoms with van der Waals surface area (Å²) in [5, 5.41) is 17.5. The number of nitrogens with two attached hydrogens (primary N) is 1. The fraction of sp³-hybridized carbons (Fsp3) is 0. The van der Waals surface area contributed by atoms with Crippen LogP contribution in [0.15, 0.2) is 16.6 Å². The molecule has 11 heavy (non-hydrogen) atoms. The van der Waals surface area contributed by atoms with Crippen LogP contribution >= 0.6 is 15.9 Å². The third kappa shape index (κ3) is 1.44. The van der Waals surface area contributed by atoms with Gasteiger partial charge in [-0.2, -0.15) is 5.26 Å². The minimum atomic E-state index is 0.0302. The molecule has 3 N–H and O–H groups in total. The van der Waals surface area contributed by atoms with Crippen molar-refractivity contribution >= 4 is 21.6 Å². The van der Waals surface area contributed by atoms with E-state index in [0.717, 1.165) is 0 Å². The molecule has 0 heterocycles. The first-order valence-electron chi connectivity index (χ1n) is 2.83. The summed E-state index contributed by atoms with van der Waals surface area (Å²) in [6.45, 7) is 0. The van der Waals surface area contributed by atoms with Gasteiger partial charge in [-0.3, -0.25) is 0 Å². The molecule has 1 aromatic carbocycles. The highest BCUT2D eigenvalue weighted by Gasteiger charge is 2.03. The lowest BCUT2D eigenvalue weighted by Crippen LogP contribution is -1.90. The second-order valence-electron chi connectivity index (χ2n) is 2.00. The largest absolute Gasteiger partial charge is 0.508 e. The third-order valence-electron chi connectivity index (χ3n) is 1.23. The van der Waals surface area contributed by atoms with E-state index in [4.69, 9.17) is 16.1 Å². The zero-order valence-corrected chi connectivity index (χ0v) is 7.09. The molecule has 0 saturated heterocycles. The Bertz CT molecular complexity index is 330. The number of nitrogens with zero attached hydrogens (tertiary/aromatic N) is 1. The van der Waals surface area contributed by atoms with Crippen LogP contribution in [-0.4, -0.2) is 5.11 Å². The number of nitriles is 1. The number of hydrogen-bond acceptors (Lipinski definition) is 3. The van der Waals surface area contributed by atoms with Crippen LogP contribution in [0.25, 0.3) is 0 Å². The number of phenolic OH excluding ortho intramolecular Hbond substituents is 1. The summed E-state index contributed by atoms with van der Waals surface area (Å²) >= 11 is 3.10. The smallest absolute Gasteiger partial charge is 0.118 e. The lowest BCUT2D eigenvalue weighted by Gasteiger charge is -2.00. The normalized spacial score (nSPS) is 9.09. The zero-order chi connectivity index (χ0) is 8.43. The molecule has 0 spiro atoms. The van der Waals surface area contributed by atoms with Gasteiger partial charge in [0.05, 0.1) is 11.3 Å². The van der Waals surface area contributed by atoms with Crippen molar-refractivity contribution in [1.82, 2.24) is 0 Å². The Hall–Kier alpha value is -1.21. The third-order valence-corrected chi connectivity index (χ3v) is 1.89. The second kappa shape index (κ2) is 2.81. The van der Waals surface area contributed by atoms with E-state index >= 15 is 0 Å². The molecule has 0 aliphatic carbocycles. The maximum atomic E-state index is 9.01. The number of hydrogen-bond donors (Lipinski definition) is 2. The van der Waals surface area contributed by atoms with Crippen molar-refractivity contribution in [2.24, 2.45) is 0 Å². The van der Waals surface area contributed by atoms with Crippen LogP contribution in [0, 0.1) is 11.3 Å². The van der Waals surface area contributed by atoms with Crippen molar-refractivity contribution in [2.75, 3.05) is 5.73 Å². The van der Waals surface area contributed by atoms with Gasteiger partial charge in [-0.25, -0.2) is 0 Å². The fourth-order valence-electron chi connectivity index (χ4n) is 0.696. The molecule has 0 bridgehead atoms. The van der Waals surface area contributed by atoms with Crippen molar-refractivity contribution in [2.45, 2.75) is 0 Å². The van der Waals surface area contributed by atoms with E-state index in [1.165, 1.54) is 12.1 Å². The molecule has 1 aromatic rings. The first-order valence-corrected chi connectivity index (χ1v) is 3.62. The molecular weight excluding hydrogens is 208 g/mol. The quantitative estimate of drug-likeness (QED) is 0.508. The first-order chi connectivity index (χ1) is 5.15. The second-order valence-corrected chi connectivity index (χ2v) is 2.85. The minimum absolute atomic E-state index is 0.0302. The maximum absolute atomic E-state index is 9.01. The van der Waals surface area contributed by atoms with Gasteiger partial charge in [0, 0.05) is 4.47 Å². The molecule has 0 unspecified atom stereocenters. The standard InChI is InChI=1S/C7H5BrN2O/c8-6-2-5(11)1-4(3-9)7(6)10/h1-2,11H,10H2. The highest BCUT2D eigenvalue weighted by Crippen LogP contribution is 2.27. The molecule has 0 aliphatic heterocycles. The first kappa shape index (κ1) is 7.89. The summed E-state index contributed by atoms with van der Waals surface area (Å²) < 4.78 is 0.536. The minimum Gasteiger partial charge on any atom is -0.508 e. The molecule has 0 aliphatic rings. The average Bonchev–Trinajstić information content (AvgIpc) is 1.96. The van der Waals surface area contributed by atoms with Crippen LogP contribution in [-0.2, 0) is 0 Å². The predicted octanol–water partition coefficient (Wildman–Crippen LogP) is 1.61. The summed E-state index contributed by atoms with van der Waals surface area (Å²) in [7, 11) is 0. The van der Waals surface area contributed by atoms with Crippen molar-refractivity contribution in [3.63, 3.8) is 0 Å². The van der Waals surface area contributed by atoms with Crippen LogP contribution in [0.1, 0.15) is 5.56 Å². The fourth-order valence-corrected chi connectivity index (χ4v) is 1.14. The molecule has 4 heteroatoms. The predicted molar refractivity (Wildman–Crippen MR) is 44.9 cm³/mol. The van der Waals surface area contributed by atoms with Crippen molar-refractivity contribution in [1.29, 1.82) is 5.26 Å². The zero-order valence-electron chi connectivity index (χ0n) is 5.50. The topological polar surface area (TPSA) is 70.0 Å². The molecular formula is C7H5BrN2O. The SMILES string of the molecule is N#Cc1cc(O)cc(Br)c1N. The lowest BCUT2D eigenvalue weighted by atomic mass is 10.2. The van der Waals surface area contributed by atoms with Gasteiger partial charge in [0.25, 0.3) is 0 Å². The molecule has 0 atom stereocenters. The van der Waals surface area contributed by atoms with E-state index in [-0.39, 0.29) is 11.3 Å². The summed E-state index contributed by atoms with van der Waals surface area (Å²) in [4.78, 5) is 0. The van der Waals surface area contributed by atoms with Gasteiger partial charge < -0.3 is 10.8 Å². The molecule has 0 fully saturated rings. The van der Waals surface area contributed by atoms with Gasteiger partial charge in [-0.05, 0) is 28.1 Å². The van der Waals surface area contributed by atoms with E-state index in [2.05, 4.69) is 15.9 Å². The van der Waals surface area contributed by atoms with E-state index in [1.54, 1.807) is 0 Å². The number of anilines is 1. The number of rotatable bonds is 0. The van der Waals surface area contributed by atoms with Crippen molar-refractivity contribution < 1.29 is 5.11 Å². The van der Waals surface area contributed by atoms with E-state index in [1.807, 2.05) is 6.07 Å². The summed E-state index contributed by atoms with van der Waals surface area (Å²) in [5.41, 5.74) is 6.11. The molecule has 0 amide bonds. The molecule has 56 valence electrons. The Morgan fingerprint density at radius 1 is 1.55 bits per heavy atom. The Morgan fingerprint density at radius 3 is 2.73 bits per heavy atom. The van der Waals surface area contributed by atoms with Crippen LogP contribution in [0.3, 0.4) is 0 Å². The molecule has 0 radical (unpaired) electrons. The van der Waals surface area contributed by atoms with Crippen LogP contribution in [0.4, 0.5) is 5.69 Å². The number of halogens is 1. The van der Waals surface area contributed by atoms with E-state index in [0.29, 0.717) is 10.2 Å². The van der Waals surface area contributed by atoms with Crippen molar-refractivity contribution in [3.8, 4) is 11.8 Å². The Balaban J connectivity index is 3.39. The van der Waals surface area contributed by atoms with Crippen LogP contribution in [0.2, 0.25) is 0 Å². The highest BCUT2D eigenvalue weighted by atomic mass is 79.9. The number of benzene rings is 1. The number of nitrogen functional groups attached to an aromatic ring is 1. The highest BCUT2D eigenvalue weighted by molar-refractivity contribution is 9.10. The van der Waals surface area contributed by atoms with Crippen LogP contribution in [0.5, 0.6) is 5.75 Å². The summed E-state index contributed by atoms with van der Waals surface area (Å²) in [5.74, 6) is 0.0302. The Kier molecular flexibility index (Phi) is 2.01. The maximum Gasteiger partial charge on any atom is 0.118 e. The number of aromatic hydroxyl groups is 1. The number of phenols is 1. The van der Waals surface area contributed by atoms with Gasteiger partial charge in [-0.1, -0.05) is 0 Å². The average molecular weight is 213 g/mol. The van der Waals surface area contributed by atoms with Gasteiger partial charge >= 0.3 is 0 Å². The van der Waals surface area contributed by atoms with Crippen LogP contribution < -0.4 is 5.73 Å². The molecule has 3 nitrogen and oxygen atoms in total. The van der Waals surface area contributed by atoms with Gasteiger partial charge in [-0.15, -0.1) is 0 Å².